The van der Waals surface area contributed by atoms with Crippen molar-refractivity contribution in [1.82, 2.24) is 4.98 Å². The third kappa shape index (κ3) is 2.83. The highest BCUT2D eigenvalue weighted by Crippen LogP contribution is 2.22. The number of nitrogens with zero attached hydrogens (tertiary/aromatic N) is 2. The monoisotopic (exact) mass is 209 g/mol. The lowest BCUT2D eigenvalue weighted by Crippen LogP contribution is -2.17. The Balaban J connectivity index is 3.00. The molecule has 0 fully saturated rings. The Labute approximate surface area is 89.1 Å². The predicted octanol–water partition coefficient (Wildman–Crippen LogP) is 1.63. The Morgan fingerprint density at radius 3 is 2.73 bits per heavy atom. The summed E-state index contributed by atoms with van der Waals surface area (Å²) in [6.07, 6.45) is 1.17. The first-order valence-corrected chi connectivity index (χ1v) is 4.53. The van der Waals surface area contributed by atoms with Crippen molar-refractivity contribution in [2.75, 3.05) is 31.4 Å². The molecule has 1 amide bonds. The van der Waals surface area contributed by atoms with Gasteiger partial charge in [0.25, 0.3) is 0 Å². The largest absolute Gasteiger partial charge is 0.453 e. The quantitative estimate of drug-likeness (QED) is 0.804. The number of aromatic nitrogens is 1. The van der Waals surface area contributed by atoms with Crippen LogP contribution in [0, 0.1) is 6.92 Å². The fraction of sp³-hybridized carbons (Fsp3) is 0.400. The molecule has 15 heavy (non-hydrogen) atoms. The van der Waals surface area contributed by atoms with Crippen LogP contribution in [-0.4, -0.2) is 32.3 Å². The second-order valence-corrected chi connectivity index (χ2v) is 3.39. The fourth-order valence-corrected chi connectivity index (χ4v) is 1.14. The van der Waals surface area contributed by atoms with Gasteiger partial charge < -0.3 is 9.64 Å². The maximum Gasteiger partial charge on any atom is 0.412 e. The third-order valence-electron chi connectivity index (χ3n) is 1.89. The Hall–Kier alpha value is -1.78. The molecule has 0 spiro atoms. The number of methoxy groups -OCH3 is 1. The third-order valence-corrected chi connectivity index (χ3v) is 1.89. The smallest absolute Gasteiger partial charge is 0.412 e. The zero-order valence-electron chi connectivity index (χ0n) is 9.37. The highest BCUT2D eigenvalue weighted by atomic mass is 16.5. The van der Waals surface area contributed by atoms with Gasteiger partial charge in [-0.15, -0.1) is 0 Å². The van der Waals surface area contributed by atoms with Crippen LogP contribution in [0.25, 0.3) is 0 Å². The molecule has 0 atom stereocenters. The lowest BCUT2D eigenvalue weighted by atomic mass is 10.2. The van der Waals surface area contributed by atoms with Crippen molar-refractivity contribution in [3.63, 3.8) is 0 Å². The van der Waals surface area contributed by atoms with E-state index in [1.54, 1.807) is 6.20 Å². The van der Waals surface area contributed by atoms with Gasteiger partial charge in [0.05, 0.1) is 12.8 Å². The van der Waals surface area contributed by atoms with Crippen molar-refractivity contribution in [3.05, 3.63) is 17.8 Å². The van der Waals surface area contributed by atoms with E-state index in [1.165, 1.54) is 7.11 Å². The van der Waals surface area contributed by atoms with E-state index in [-0.39, 0.29) is 0 Å². The van der Waals surface area contributed by atoms with E-state index in [1.807, 2.05) is 32.0 Å². The van der Waals surface area contributed by atoms with Gasteiger partial charge in [-0.1, -0.05) is 0 Å². The summed E-state index contributed by atoms with van der Waals surface area (Å²) in [6.45, 7) is 1.95. The summed E-state index contributed by atoms with van der Waals surface area (Å²) in [6, 6.07) is 1.94. The van der Waals surface area contributed by atoms with Crippen LogP contribution in [0.4, 0.5) is 16.3 Å². The van der Waals surface area contributed by atoms with E-state index in [0.29, 0.717) is 5.82 Å². The average Bonchev–Trinajstić information content (AvgIpc) is 2.20. The first-order valence-electron chi connectivity index (χ1n) is 4.53. The number of hydrogen-bond donors (Lipinski definition) is 1. The van der Waals surface area contributed by atoms with Crippen molar-refractivity contribution >= 4 is 17.6 Å². The van der Waals surface area contributed by atoms with Gasteiger partial charge in [0.1, 0.15) is 0 Å². The summed E-state index contributed by atoms with van der Waals surface area (Å²) in [5.74, 6) is 0.498. The molecule has 0 saturated heterocycles. The Morgan fingerprint density at radius 1 is 1.53 bits per heavy atom. The van der Waals surface area contributed by atoms with Gasteiger partial charge in [0.15, 0.2) is 5.82 Å². The van der Waals surface area contributed by atoms with Crippen LogP contribution in [0.3, 0.4) is 0 Å². The Kier molecular flexibility index (Phi) is 3.49. The fourth-order valence-electron chi connectivity index (χ4n) is 1.14. The second kappa shape index (κ2) is 4.63. The van der Waals surface area contributed by atoms with Crippen LogP contribution in [0.5, 0.6) is 0 Å². The van der Waals surface area contributed by atoms with Crippen LogP contribution in [0.15, 0.2) is 12.3 Å². The first-order chi connectivity index (χ1) is 7.04. The van der Waals surface area contributed by atoms with Crippen molar-refractivity contribution in [1.29, 1.82) is 0 Å². The molecule has 1 aromatic heterocycles. The topological polar surface area (TPSA) is 54.5 Å². The number of pyridine rings is 1. The summed E-state index contributed by atoms with van der Waals surface area (Å²) in [7, 11) is 5.09. The predicted molar refractivity (Wildman–Crippen MR) is 59.3 cm³/mol. The highest BCUT2D eigenvalue weighted by molar-refractivity contribution is 5.87. The van der Waals surface area contributed by atoms with Gasteiger partial charge in [-0.05, 0) is 18.6 Å². The highest BCUT2D eigenvalue weighted by Gasteiger charge is 2.09. The maximum absolute atomic E-state index is 11.0. The molecular weight excluding hydrogens is 194 g/mol. The minimum absolute atomic E-state index is 0.498. The van der Waals surface area contributed by atoms with E-state index < -0.39 is 6.09 Å². The summed E-state index contributed by atoms with van der Waals surface area (Å²) >= 11 is 0. The van der Waals surface area contributed by atoms with Crippen molar-refractivity contribution < 1.29 is 9.53 Å². The summed E-state index contributed by atoms with van der Waals surface area (Å²) < 4.78 is 4.51. The normalized spacial score (nSPS) is 9.60. The Morgan fingerprint density at radius 2 is 2.20 bits per heavy atom. The van der Waals surface area contributed by atoms with Crippen LogP contribution < -0.4 is 10.2 Å². The van der Waals surface area contributed by atoms with Gasteiger partial charge in [-0.25, -0.2) is 9.78 Å². The molecule has 0 aliphatic rings. The molecule has 5 heteroatoms. The molecule has 0 radical (unpaired) electrons. The number of nitrogens with one attached hydrogen (secondary N) is 1. The van der Waals surface area contributed by atoms with Crippen molar-refractivity contribution in [2.45, 2.75) is 6.92 Å². The van der Waals surface area contributed by atoms with Gasteiger partial charge >= 0.3 is 6.09 Å². The van der Waals surface area contributed by atoms with E-state index in [0.717, 1.165) is 11.3 Å². The average molecular weight is 209 g/mol. The molecule has 0 aliphatic heterocycles. The number of carbonyl (C=O) groups excluding carboxylic acids is 1. The van der Waals surface area contributed by atoms with Crippen molar-refractivity contribution in [2.24, 2.45) is 0 Å². The molecule has 0 saturated carbocycles. The minimum Gasteiger partial charge on any atom is -0.453 e. The lowest BCUT2D eigenvalue weighted by molar-refractivity contribution is 0.187. The maximum atomic E-state index is 11.0. The number of amides is 1. The summed E-state index contributed by atoms with van der Waals surface area (Å²) in [5.41, 5.74) is 1.88. The number of hydrogen-bond acceptors (Lipinski definition) is 4. The van der Waals surface area contributed by atoms with Gasteiger partial charge in [0.2, 0.25) is 0 Å². The van der Waals surface area contributed by atoms with Crippen LogP contribution in [0.2, 0.25) is 0 Å². The zero-order valence-corrected chi connectivity index (χ0v) is 9.37. The van der Waals surface area contributed by atoms with E-state index in [4.69, 9.17) is 0 Å². The molecule has 1 heterocycles. The molecule has 5 nitrogen and oxygen atoms in total. The molecule has 1 rings (SSSR count). The zero-order chi connectivity index (χ0) is 11.4. The van der Waals surface area contributed by atoms with Crippen LogP contribution in [0.1, 0.15) is 5.56 Å². The van der Waals surface area contributed by atoms with Crippen LogP contribution in [-0.2, 0) is 4.74 Å². The summed E-state index contributed by atoms with van der Waals surface area (Å²) in [5, 5.41) is 2.55. The van der Waals surface area contributed by atoms with Crippen LogP contribution >= 0.6 is 0 Å². The van der Waals surface area contributed by atoms with Gasteiger partial charge in [-0.2, -0.15) is 0 Å². The summed E-state index contributed by atoms with van der Waals surface area (Å²) in [4.78, 5) is 17.1. The van der Waals surface area contributed by atoms with E-state index in [9.17, 15) is 4.79 Å². The Bertz CT molecular complexity index is 364. The molecule has 82 valence electrons. The number of carbonyl (C=O) groups is 1. The van der Waals surface area contributed by atoms with Gasteiger partial charge in [0, 0.05) is 20.3 Å². The van der Waals surface area contributed by atoms with Gasteiger partial charge in [-0.3, -0.25) is 5.32 Å². The number of anilines is 2. The standard InChI is InChI=1S/C10H15N3O2/c1-7-5-8(13(2)3)9(11-6-7)12-10(14)15-4/h5-6H,1-4H3,(H,11,12,14). The molecule has 1 N–H and O–H groups in total. The number of rotatable bonds is 2. The molecule has 0 aromatic carbocycles. The van der Waals surface area contributed by atoms with Crippen molar-refractivity contribution in [3.8, 4) is 0 Å². The molecule has 0 bridgehead atoms. The minimum atomic E-state index is -0.519. The first kappa shape index (κ1) is 11.3. The molecule has 0 aliphatic carbocycles. The molecule has 1 aromatic rings. The molecular formula is C10H15N3O2. The number of ether oxygens (including phenoxy) is 1. The van der Waals surface area contributed by atoms with E-state index >= 15 is 0 Å². The molecule has 0 unspecified atom stereocenters. The lowest BCUT2D eigenvalue weighted by Gasteiger charge is -2.17. The van der Waals surface area contributed by atoms with E-state index in [2.05, 4.69) is 15.0 Å². The second-order valence-electron chi connectivity index (χ2n) is 3.39. The number of aryl methyl sites for hydroxylation is 1. The SMILES string of the molecule is COC(=O)Nc1ncc(C)cc1N(C)C.